The van der Waals surface area contributed by atoms with Crippen molar-refractivity contribution in [3.05, 3.63) is 76.0 Å². The van der Waals surface area contributed by atoms with Gasteiger partial charge in [-0.1, -0.05) is 6.58 Å². The van der Waals surface area contributed by atoms with Gasteiger partial charge in [-0.2, -0.15) is 0 Å². The molecule has 7 heteroatoms. The number of benzene rings is 2. The predicted molar refractivity (Wildman–Crippen MR) is 86.7 cm³/mol. The van der Waals surface area contributed by atoms with E-state index in [-0.39, 0.29) is 34.8 Å². The minimum absolute atomic E-state index is 0.0635. The van der Waals surface area contributed by atoms with Gasteiger partial charge in [0.25, 0.3) is 0 Å². The van der Waals surface area contributed by atoms with Gasteiger partial charge in [-0.3, -0.25) is 0 Å². The molecule has 0 radical (unpaired) electrons. The van der Waals surface area contributed by atoms with Crippen LogP contribution in [0.5, 0.6) is 11.5 Å². The Morgan fingerprint density at radius 3 is 2.48 bits per heavy atom. The molecule has 0 saturated carbocycles. The molecule has 0 saturated heterocycles. The van der Waals surface area contributed by atoms with Gasteiger partial charge in [0.15, 0.2) is 0 Å². The summed E-state index contributed by atoms with van der Waals surface area (Å²) in [6.07, 6.45) is 1.47. The Morgan fingerprint density at radius 1 is 1.20 bits per heavy atom. The minimum atomic E-state index is -1.04. The maximum absolute atomic E-state index is 14.2. The first-order valence-electron chi connectivity index (χ1n) is 7.19. The first-order chi connectivity index (χ1) is 12.0. The summed E-state index contributed by atoms with van der Waals surface area (Å²) < 4.78 is 52.2. The highest BCUT2D eigenvalue weighted by atomic mass is 19.1. The second-order valence-electron chi connectivity index (χ2n) is 5.26. The van der Waals surface area contributed by atoms with Crippen molar-refractivity contribution in [3.63, 3.8) is 0 Å². The molecule has 3 rings (SSSR count). The van der Waals surface area contributed by atoms with E-state index in [9.17, 15) is 18.1 Å². The van der Waals surface area contributed by atoms with Gasteiger partial charge in [-0.15, -0.1) is 4.91 Å². The second kappa shape index (κ2) is 6.43. The molecular formula is C18H12F3NO3. The molecule has 1 aliphatic heterocycles. The van der Waals surface area contributed by atoms with Crippen molar-refractivity contribution in [1.82, 2.24) is 0 Å². The largest absolute Gasteiger partial charge is 0.496 e. The number of fused-ring (bicyclic) bond motifs is 1. The summed E-state index contributed by atoms with van der Waals surface area (Å²) in [6.45, 7) is 3.59. The van der Waals surface area contributed by atoms with Crippen molar-refractivity contribution in [2.75, 3.05) is 13.7 Å². The molecule has 0 N–H and O–H groups in total. The maximum atomic E-state index is 14.2. The van der Waals surface area contributed by atoms with Crippen molar-refractivity contribution >= 4 is 11.3 Å². The van der Waals surface area contributed by atoms with Gasteiger partial charge in [-0.25, -0.2) is 13.2 Å². The summed E-state index contributed by atoms with van der Waals surface area (Å²) in [5, 5.41) is 2.78. The summed E-state index contributed by atoms with van der Waals surface area (Å²) in [7, 11) is 1.39. The van der Waals surface area contributed by atoms with E-state index >= 15 is 0 Å². The van der Waals surface area contributed by atoms with Gasteiger partial charge >= 0.3 is 0 Å². The van der Waals surface area contributed by atoms with Crippen LogP contribution in [0.2, 0.25) is 0 Å². The first kappa shape index (κ1) is 16.8. The number of ether oxygens (including phenoxy) is 2. The maximum Gasteiger partial charge on any atom is 0.136 e. The molecule has 2 aromatic carbocycles. The Balaban J connectivity index is 2.24. The zero-order valence-corrected chi connectivity index (χ0v) is 13.1. The molecule has 128 valence electrons. The van der Waals surface area contributed by atoms with Crippen molar-refractivity contribution < 1.29 is 22.6 Å². The number of methoxy groups -OCH3 is 1. The monoisotopic (exact) mass is 347 g/mol. The molecule has 2 aromatic rings. The van der Waals surface area contributed by atoms with Crippen molar-refractivity contribution in [3.8, 4) is 11.5 Å². The molecule has 0 spiro atoms. The fourth-order valence-corrected chi connectivity index (χ4v) is 2.70. The Morgan fingerprint density at radius 2 is 1.88 bits per heavy atom. The second-order valence-corrected chi connectivity index (χ2v) is 5.26. The zero-order chi connectivity index (χ0) is 18.1. The Labute approximate surface area is 141 Å². The topological polar surface area (TPSA) is 47.9 Å². The first-order valence-corrected chi connectivity index (χ1v) is 7.19. The third-order valence-electron chi connectivity index (χ3n) is 3.82. The van der Waals surface area contributed by atoms with Gasteiger partial charge in [0, 0.05) is 29.3 Å². The van der Waals surface area contributed by atoms with E-state index in [1.54, 1.807) is 0 Å². The van der Waals surface area contributed by atoms with Crippen molar-refractivity contribution in [2.24, 2.45) is 5.18 Å². The van der Waals surface area contributed by atoms with Gasteiger partial charge in [0.1, 0.15) is 41.3 Å². The summed E-state index contributed by atoms with van der Waals surface area (Å²) in [6, 6.07) is 4.13. The van der Waals surface area contributed by atoms with E-state index in [4.69, 9.17) is 9.47 Å². The van der Waals surface area contributed by atoms with Crippen LogP contribution in [-0.4, -0.2) is 13.7 Å². The lowest BCUT2D eigenvalue weighted by Gasteiger charge is -2.22. The summed E-state index contributed by atoms with van der Waals surface area (Å²) in [4.78, 5) is 10.8. The highest BCUT2D eigenvalue weighted by Gasteiger charge is 2.25. The van der Waals surface area contributed by atoms with E-state index in [1.165, 1.54) is 25.3 Å². The highest BCUT2D eigenvalue weighted by Crippen LogP contribution is 2.41. The number of nitroso groups, excluding NO2 is 1. The van der Waals surface area contributed by atoms with Crippen molar-refractivity contribution in [1.29, 1.82) is 0 Å². The molecule has 0 amide bonds. The predicted octanol–water partition coefficient (Wildman–Crippen LogP) is 4.67. The smallest absolute Gasteiger partial charge is 0.136 e. The average molecular weight is 347 g/mol. The molecule has 0 aliphatic carbocycles. The normalized spacial score (nSPS) is 12.7. The van der Waals surface area contributed by atoms with Gasteiger partial charge in [0.2, 0.25) is 0 Å². The van der Waals surface area contributed by atoms with Gasteiger partial charge in [-0.05, 0) is 22.9 Å². The summed E-state index contributed by atoms with van der Waals surface area (Å²) >= 11 is 0. The summed E-state index contributed by atoms with van der Waals surface area (Å²) in [5.41, 5.74) is 0.266. The molecule has 4 nitrogen and oxygen atoms in total. The molecule has 0 bridgehead atoms. The average Bonchev–Trinajstić information content (AvgIpc) is 2.59. The molecule has 0 unspecified atom stereocenters. The highest BCUT2D eigenvalue weighted by molar-refractivity contribution is 5.87. The van der Waals surface area contributed by atoms with E-state index in [2.05, 4.69) is 11.8 Å². The number of halogens is 3. The number of nitrogens with zero attached hydrogens (tertiary/aromatic N) is 1. The minimum Gasteiger partial charge on any atom is -0.496 e. The van der Waals surface area contributed by atoms with Crippen LogP contribution >= 0.6 is 0 Å². The van der Waals surface area contributed by atoms with Crippen LogP contribution in [0.15, 0.2) is 42.1 Å². The van der Waals surface area contributed by atoms with Gasteiger partial charge < -0.3 is 9.47 Å². The van der Waals surface area contributed by atoms with E-state index in [0.717, 1.165) is 0 Å². The molecule has 0 atom stereocenters. The number of hydrogen-bond acceptors (Lipinski definition) is 4. The van der Waals surface area contributed by atoms with Gasteiger partial charge in [0.05, 0.1) is 12.7 Å². The SMILES string of the molecule is C=C(N=O)c1cc2c(cc1OC)OCC=C2c1c(F)cc(F)cc1F. The molecule has 1 heterocycles. The van der Waals surface area contributed by atoms with Crippen molar-refractivity contribution in [2.45, 2.75) is 0 Å². The Hall–Kier alpha value is -3.09. The number of hydrogen-bond donors (Lipinski definition) is 0. The van der Waals surface area contributed by atoms with Crippen LogP contribution in [0.4, 0.5) is 13.2 Å². The molecule has 1 aliphatic rings. The lowest BCUT2D eigenvalue weighted by Crippen LogP contribution is -2.09. The Kier molecular flexibility index (Phi) is 4.31. The molecular weight excluding hydrogens is 335 g/mol. The van der Waals surface area contributed by atoms with Crippen LogP contribution < -0.4 is 9.47 Å². The molecule has 0 fully saturated rings. The molecule has 25 heavy (non-hydrogen) atoms. The van der Waals surface area contributed by atoms with Crippen LogP contribution in [0.25, 0.3) is 11.3 Å². The third kappa shape index (κ3) is 2.88. The van der Waals surface area contributed by atoms with E-state index in [1.807, 2.05) is 0 Å². The standard InChI is InChI=1S/C18H12F3NO3/c1-9(22-23)12-7-13-11(3-4-25-17(13)8-16(12)24-2)18-14(20)5-10(19)6-15(18)21/h3,5-8H,1,4H2,2H3. The van der Waals surface area contributed by atoms with Crippen LogP contribution in [0.3, 0.4) is 0 Å². The zero-order valence-electron chi connectivity index (χ0n) is 13.1. The van der Waals surface area contributed by atoms with E-state index < -0.39 is 17.5 Å². The quantitative estimate of drug-likeness (QED) is 0.755. The van der Waals surface area contributed by atoms with Crippen LogP contribution in [0.1, 0.15) is 16.7 Å². The fourth-order valence-electron chi connectivity index (χ4n) is 2.70. The van der Waals surface area contributed by atoms with E-state index in [0.29, 0.717) is 23.4 Å². The summed E-state index contributed by atoms with van der Waals surface area (Å²) in [5.74, 6) is -2.51. The Bertz CT molecular complexity index is 899. The fraction of sp³-hybridized carbons (Fsp3) is 0.111. The van der Waals surface area contributed by atoms with Crippen LogP contribution in [-0.2, 0) is 0 Å². The lowest BCUT2D eigenvalue weighted by atomic mass is 9.92. The lowest BCUT2D eigenvalue weighted by molar-refractivity contribution is 0.351. The number of rotatable bonds is 4. The molecule has 0 aromatic heterocycles. The third-order valence-corrected chi connectivity index (χ3v) is 3.82. The van der Waals surface area contributed by atoms with Crippen LogP contribution in [0, 0.1) is 22.4 Å².